The summed E-state index contributed by atoms with van der Waals surface area (Å²) in [7, 11) is 0. The van der Waals surface area contributed by atoms with Crippen LogP contribution in [0.5, 0.6) is 0 Å². The molecule has 4 saturated carbocycles. The van der Waals surface area contributed by atoms with E-state index in [1.54, 1.807) is 18.2 Å². The lowest BCUT2D eigenvalue weighted by molar-refractivity contribution is -0.217. The minimum Gasteiger partial charge on any atom is -0.478 e. The Morgan fingerprint density at radius 1 is 0.915 bits per heavy atom. The molecule has 6 aliphatic rings. The second-order valence-electron chi connectivity index (χ2n) is 17.6. The summed E-state index contributed by atoms with van der Waals surface area (Å²) in [5.74, 6) is 2.98. The Morgan fingerprint density at radius 2 is 1.64 bits per heavy atom. The smallest absolute Gasteiger partial charge is 0.335 e. The van der Waals surface area contributed by atoms with Crippen molar-refractivity contribution in [2.24, 2.45) is 51.2 Å². The molecule has 0 radical (unpaired) electrons. The molecule has 0 spiro atoms. The van der Waals surface area contributed by atoms with E-state index < -0.39 is 5.97 Å². The van der Waals surface area contributed by atoms with Crippen LogP contribution in [0.4, 0.5) is 0 Å². The Bertz CT molecular complexity index is 1300. The van der Waals surface area contributed by atoms with Crippen LogP contribution in [-0.2, 0) is 0 Å². The first-order valence-corrected chi connectivity index (χ1v) is 19.6. The first-order valence-electron chi connectivity index (χ1n) is 19.6. The number of rotatable bonds is 7. The first kappa shape index (κ1) is 34.9. The first-order chi connectivity index (χ1) is 22.5. The fourth-order valence-electron chi connectivity index (χ4n) is 13.2. The molecule has 1 aromatic carbocycles. The zero-order valence-corrected chi connectivity index (χ0v) is 30.6. The Hall–Kier alpha value is -1.91. The molecule has 0 aromatic heterocycles. The molecular weight excluding hydrogens is 576 g/mol. The van der Waals surface area contributed by atoms with Gasteiger partial charge >= 0.3 is 5.97 Å². The minimum absolute atomic E-state index is 0.352. The Balaban J connectivity index is 0.00000124. The molecule has 5 fully saturated rings. The average molecular weight is 643 g/mol. The summed E-state index contributed by atoms with van der Waals surface area (Å²) in [5, 5.41) is 13.4. The largest absolute Gasteiger partial charge is 0.478 e. The molecule has 1 heterocycles. The predicted molar refractivity (Wildman–Crippen MR) is 196 cm³/mol. The molecule has 0 amide bonds. The molecule has 260 valence electrons. The maximum Gasteiger partial charge on any atom is 0.335 e. The third-order valence-corrected chi connectivity index (χ3v) is 15.7. The molecule has 0 bridgehead atoms. The molecule has 4 heteroatoms. The zero-order chi connectivity index (χ0) is 33.5. The van der Waals surface area contributed by atoms with Crippen LogP contribution in [0.2, 0.25) is 0 Å². The van der Waals surface area contributed by atoms with Crippen LogP contribution < -0.4 is 5.32 Å². The molecule has 2 N–H and O–H groups in total. The third kappa shape index (κ3) is 6.00. The SMILES string of the molecule is C=CC.CC1C(c2ccc(C(=O)O)cc2)=CCC2(C)C1CCC1(C)C2CCC2C3CCCC3(CNCCN3CCCCC3)CC[C@]21C. The van der Waals surface area contributed by atoms with Crippen molar-refractivity contribution >= 4 is 11.5 Å². The van der Waals surface area contributed by atoms with Crippen molar-refractivity contribution in [2.75, 3.05) is 32.7 Å². The number of aromatic carboxylic acids is 1. The number of carboxylic acid groups (broad SMARTS) is 1. The van der Waals surface area contributed by atoms with Crippen LogP contribution in [-0.4, -0.2) is 48.7 Å². The second-order valence-corrected chi connectivity index (χ2v) is 17.6. The molecule has 5 aliphatic carbocycles. The van der Waals surface area contributed by atoms with Crippen LogP contribution in [0.25, 0.3) is 5.57 Å². The zero-order valence-electron chi connectivity index (χ0n) is 30.6. The van der Waals surface area contributed by atoms with Crippen molar-refractivity contribution in [3.8, 4) is 0 Å². The van der Waals surface area contributed by atoms with E-state index in [4.69, 9.17) is 0 Å². The lowest BCUT2D eigenvalue weighted by Gasteiger charge is -2.71. The fourth-order valence-corrected chi connectivity index (χ4v) is 13.2. The number of hydrogen-bond donors (Lipinski definition) is 2. The minimum atomic E-state index is -0.841. The maximum absolute atomic E-state index is 11.4. The van der Waals surface area contributed by atoms with E-state index in [2.05, 4.69) is 50.6 Å². The summed E-state index contributed by atoms with van der Waals surface area (Å²) in [6.45, 7) is 22.2. The highest BCUT2D eigenvalue weighted by molar-refractivity contribution is 5.88. The molecule has 1 saturated heterocycles. The fraction of sp³-hybridized carbons (Fsp3) is 0.744. The molecule has 47 heavy (non-hydrogen) atoms. The molecule has 8 unspecified atom stereocenters. The van der Waals surface area contributed by atoms with Crippen molar-refractivity contribution in [3.63, 3.8) is 0 Å². The van der Waals surface area contributed by atoms with Gasteiger partial charge in [0.1, 0.15) is 0 Å². The summed E-state index contributed by atoms with van der Waals surface area (Å²) >= 11 is 0. The van der Waals surface area contributed by atoms with Crippen LogP contribution in [0.1, 0.15) is 134 Å². The highest BCUT2D eigenvalue weighted by Crippen LogP contribution is 2.76. The number of fused-ring (bicyclic) bond motifs is 7. The summed E-state index contributed by atoms with van der Waals surface area (Å²) < 4.78 is 0. The van der Waals surface area contributed by atoms with Crippen LogP contribution in [0, 0.1) is 51.2 Å². The number of likely N-dealkylation sites (tertiary alicyclic amines) is 1. The molecule has 1 aromatic rings. The number of benzene rings is 1. The third-order valence-electron chi connectivity index (χ3n) is 15.7. The van der Waals surface area contributed by atoms with Crippen molar-refractivity contribution in [2.45, 2.75) is 118 Å². The van der Waals surface area contributed by atoms with Gasteiger partial charge in [-0.15, -0.1) is 6.58 Å². The summed E-state index contributed by atoms with van der Waals surface area (Å²) in [5.41, 5.74) is 4.83. The lowest BCUT2D eigenvalue weighted by Crippen LogP contribution is -2.64. The Kier molecular flexibility index (Phi) is 10.2. The van der Waals surface area contributed by atoms with Gasteiger partial charge in [0.25, 0.3) is 0 Å². The number of piperidine rings is 1. The molecule has 4 nitrogen and oxygen atoms in total. The van der Waals surface area contributed by atoms with Crippen molar-refractivity contribution in [1.29, 1.82) is 0 Å². The maximum atomic E-state index is 11.4. The van der Waals surface area contributed by atoms with Gasteiger partial charge < -0.3 is 15.3 Å². The quantitative estimate of drug-likeness (QED) is 0.230. The molecular formula is C43H66N2O2. The van der Waals surface area contributed by atoms with Gasteiger partial charge in [0.2, 0.25) is 0 Å². The highest BCUT2D eigenvalue weighted by Gasteiger charge is 2.68. The average Bonchev–Trinajstić information content (AvgIpc) is 3.49. The van der Waals surface area contributed by atoms with E-state index in [0.717, 1.165) is 17.8 Å². The number of allylic oxidation sites excluding steroid dienone is 3. The van der Waals surface area contributed by atoms with Gasteiger partial charge in [-0.1, -0.05) is 64.8 Å². The van der Waals surface area contributed by atoms with Crippen LogP contribution in [0.3, 0.4) is 0 Å². The molecule has 9 atom stereocenters. The summed E-state index contributed by atoms with van der Waals surface area (Å²) in [6, 6.07) is 7.67. The number of nitrogens with one attached hydrogen (secondary N) is 1. The van der Waals surface area contributed by atoms with Crippen molar-refractivity contribution in [3.05, 3.63) is 54.1 Å². The summed E-state index contributed by atoms with van der Waals surface area (Å²) in [6.07, 6.45) is 22.5. The second kappa shape index (κ2) is 13.8. The van der Waals surface area contributed by atoms with E-state index in [-0.39, 0.29) is 0 Å². The monoisotopic (exact) mass is 643 g/mol. The Morgan fingerprint density at radius 3 is 2.34 bits per heavy atom. The van der Waals surface area contributed by atoms with Gasteiger partial charge in [0, 0.05) is 19.6 Å². The Labute approximate surface area is 287 Å². The molecule has 7 rings (SSSR count). The van der Waals surface area contributed by atoms with E-state index in [1.807, 2.05) is 19.1 Å². The van der Waals surface area contributed by atoms with Gasteiger partial charge in [-0.2, -0.15) is 0 Å². The van der Waals surface area contributed by atoms with Gasteiger partial charge in [-0.3, -0.25) is 0 Å². The predicted octanol–water partition coefficient (Wildman–Crippen LogP) is 10.1. The van der Waals surface area contributed by atoms with Gasteiger partial charge in [-0.05, 0) is 165 Å². The van der Waals surface area contributed by atoms with Gasteiger partial charge in [0.05, 0.1) is 5.56 Å². The number of hydrogen-bond acceptors (Lipinski definition) is 3. The van der Waals surface area contributed by atoms with Gasteiger partial charge in [0.15, 0.2) is 0 Å². The standard InChI is InChI=1S/C40H60N2O2.C3H6/c1-28-31(29-10-12-30(13-11-29)36(43)44)16-19-37(2)32(28)17-20-39(4)35(37)15-14-33-34-9-8-18-40(34,22-21-38(33,39)3)27-41-23-26-42-24-6-5-7-25-42;1-3-2/h10-13,16,28,32-35,41H,5-9,14-15,17-27H2,1-4H3,(H,43,44);3H,1H2,2H3/t28?,32?,33?,34?,35?,37?,38-,39?,40?;/m1./s1. The van der Waals surface area contributed by atoms with Crippen molar-refractivity contribution < 1.29 is 9.90 Å². The molecule has 1 aliphatic heterocycles. The van der Waals surface area contributed by atoms with Crippen LogP contribution in [0.15, 0.2) is 43.0 Å². The van der Waals surface area contributed by atoms with Crippen molar-refractivity contribution in [1.82, 2.24) is 10.2 Å². The topological polar surface area (TPSA) is 52.6 Å². The highest BCUT2D eigenvalue weighted by atomic mass is 16.4. The van der Waals surface area contributed by atoms with Gasteiger partial charge in [-0.25, -0.2) is 4.79 Å². The number of carboxylic acids is 1. The van der Waals surface area contributed by atoms with E-state index in [9.17, 15) is 9.90 Å². The number of carbonyl (C=O) groups is 1. The van der Waals surface area contributed by atoms with E-state index in [0.29, 0.717) is 39.1 Å². The van der Waals surface area contributed by atoms with E-state index in [1.165, 1.54) is 127 Å². The van der Waals surface area contributed by atoms with E-state index >= 15 is 0 Å². The van der Waals surface area contributed by atoms with Crippen LogP contribution >= 0.6 is 0 Å². The lowest BCUT2D eigenvalue weighted by atomic mass is 9.33. The normalized spacial score (nSPS) is 41.2. The summed E-state index contributed by atoms with van der Waals surface area (Å²) in [4.78, 5) is 14.1. The number of nitrogens with zero attached hydrogens (tertiary/aromatic N) is 1.